The molecule has 1 aliphatic heterocycles. The van der Waals surface area contributed by atoms with Crippen molar-refractivity contribution in [2.24, 2.45) is 4.99 Å². The first-order chi connectivity index (χ1) is 18.4. The average molecular weight is 595 g/mol. The summed E-state index contributed by atoms with van der Waals surface area (Å²) in [5.74, 6) is 0.0910. The van der Waals surface area contributed by atoms with Crippen molar-refractivity contribution in [1.82, 2.24) is 9.55 Å². The van der Waals surface area contributed by atoms with Gasteiger partial charge >= 0.3 is 5.97 Å². The van der Waals surface area contributed by atoms with Crippen molar-refractivity contribution in [2.45, 2.75) is 39.7 Å². The number of aromatic nitrogens is 2. The lowest BCUT2D eigenvalue weighted by atomic mass is 9.93. The predicted molar refractivity (Wildman–Crippen MR) is 153 cm³/mol. The molecule has 0 fully saturated rings. The fraction of sp³-hybridized carbons (Fsp3) is 0.276. The number of halogens is 1. The molecule has 0 aliphatic carbocycles. The van der Waals surface area contributed by atoms with Crippen LogP contribution >= 0.6 is 27.3 Å². The normalized spacial score (nSPS) is 15.5. The second-order valence-corrected chi connectivity index (χ2v) is 10.9. The molecule has 2 aromatic heterocycles. The molecular weight excluding hydrogens is 566 g/mol. The molecule has 2 aromatic carbocycles. The summed E-state index contributed by atoms with van der Waals surface area (Å²) in [6.07, 6.45) is 3.28. The van der Waals surface area contributed by atoms with Crippen LogP contribution in [0.2, 0.25) is 0 Å². The van der Waals surface area contributed by atoms with Crippen LogP contribution in [0, 0.1) is 6.92 Å². The third-order valence-electron chi connectivity index (χ3n) is 6.60. The highest BCUT2D eigenvalue weighted by Crippen LogP contribution is 2.38. The van der Waals surface area contributed by atoms with Gasteiger partial charge in [-0.2, -0.15) is 0 Å². The lowest BCUT2D eigenvalue weighted by Crippen LogP contribution is -2.40. The second-order valence-electron chi connectivity index (χ2n) is 9.01. The third-order valence-corrected chi connectivity index (χ3v) is 8.07. The van der Waals surface area contributed by atoms with E-state index < -0.39 is 12.0 Å². The molecule has 4 aromatic rings. The van der Waals surface area contributed by atoms with Crippen LogP contribution in [-0.2, 0) is 9.53 Å². The molecule has 0 bridgehead atoms. The molecule has 7 nitrogen and oxygen atoms in total. The quantitative estimate of drug-likeness (QED) is 0.301. The van der Waals surface area contributed by atoms with Crippen LogP contribution in [0.25, 0.3) is 17.0 Å². The lowest BCUT2D eigenvalue weighted by Gasteiger charge is -2.27. The Morgan fingerprint density at radius 3 is 2.76 bits per heavy atom. The summed E-state index contributed by atoms with van der Waals surface area (Å²) in [6.45, 7) is 6.02. The number of methoxy groups -OCH3 is 1. The molecule has 1 atom stereocenters. The maximum Gasteiger partial charge on any atom is 0.338 e. The van der Waals surface area contributed by atoms with Crippen LogP contribution in [0.5, 0.6) is 5.75 Å². The van der Waals surface area contributed by atoms with E-state index in [-0.39, 0.29) is 12.2 Å². The number of nitrogens with zero attached hydrogens (tertiary/aromatic N) is 2. The van der Waals surface area contributed by atoms with Gasteiger partial charge in [-0.15, -0.1) is 0 Å². The molecule has 1 N–H and O–H groups in total. The van der Waals surface area contributed by atoms with Gasteiger partial charge in [0, 0.05) is 32.2 Å². The summed E-state index contributed by atoms with van der Waals surface area (Å²) in [5.41, 5.74) is 4.41. The number of ether oxygens (including phenoxy) is 2. The van der Waals surface area contributed by atoms with Gasteiger partial charge in [0.05, 0.1) is 29.5 Å². The highest BCUT2D eigenvalue weighted by molar-refractivity contribution is 9.10. The zero-order valence-corrected chi connectivity index (χ0v) is 24.0. The lowest BCUT2D eigenvalue weighted by molar-refractivity contribution is -0.139. The zero-order valence-electron chi connectivity index (χ0n) is 21.6. The molecule has 38 heavy (non-hydrogen) atoms. The number of benzene rings is 2. The number of allylic oxidation sites excluding steroid dienone is 1. The average Bonchev–Trinajstić information content (AvgIpc) is 3.39. The minimum absolute atomic E-state index is 0.217. The highest BCUT2D eigenvalue weighted by Gasteiger charge is 2.36. The van der Waals surface area contributed by atoms with Gasteiger partial charge in [-0.05, 0) is 50.6 Å². The molecule has 3 heterocycles. The third kappa shape index (κ3) is 4.54. The Hall–Kier alpha value is -3.43. The van der Waals surface area contributed by atoms with E-state index in [0.29, 0.717) is 38.3 Å². The van der Waals surface area contributed by atoms with E-state index >= 15 is 0 Å². The number of hydrogen-bond donors (Lipinski definition) is 1. The van der Waals surface area contributed by atoms with Gasteiger partial charge in [-0.1, -0.05) is 58.8 Å². The number of para-hydroxylation sites is 1. The molecule has 196 valence electrons. The van der Waals surface area contributed by atoms with Crippen LogP contribution in [0.4, 0.5) is 0 Å². The van der Waals surface area contributed by atoms with E-state index in [1.807, 2.05) is 62.4 Å². The summed E-state index contributed by atoms with van der Waals surface area (Å²) < 4.78 is 14.1. The summed E-state index contributed by atoms with van der Waals surface area (Å²) in [7, 11) is 1.58. The monoisotopic (exact) mass is 593 g/mol. The maximum atomic E-state index is 14.1. The van der Waals surface area contributed by atoms with Gasteiger partial charge in [0.25, 0.3) is 5.56 Å². The van der Waals surface area contributed by atoms with Crippen molar-refractivity contribution < 1.29 is 14.3 Å². The van der Waals surface area contributed by atoms with Gasteiger partial charge in [0.1, 0.15) is 11.8 Å². The summed E-state index contributed by atoms with van der Waals surface area (Å²) >= 11 is 4.88. The predicted octanol–water partition coefficient (Wildman–Crippen LogP) is 5.14. The van der Waals surface area contributed by atoms with E-state index in [1.165, 1.54) is 11.3 Å². The Morgan fingerprint density at radius 1 is 1.24 bits per heavy atom. The number of esters is 1. The number of H-pyrrole nitrogens is 1. The van der Waals surface area contributed by atoms with Crippen molar-refractivity contribution in [3.8, 4) is 5.75 Å². The molecule has 0 saturated carbocycles. The van der Waals surface area contributed by atoms with Crippen LogP contribution < -0.4 is 19.6 Å². The number of carbonyl (C=O) groups is 1. The number of aromatic amines is 1. The molecule has 9 heteroatoms. The van der Waals surface area contributed by atoms with Crippen molar-refractivity contribution in [3.05, 3.63) is 94.7 Å². The first-order valence-corrected chi connectivity index (χ1v) is 14.1. The van der Waals surface area contributed by atoms with E-state index in [0.717, 1.165) is 33.1 Å². The summed E-state index contributed by atoms with van der Waals surface area (Å²) in [6, 6.07) is 12.9. The van der Waals surface area contributed by atoms with Gasteiger partial charge in [0.2, 0.25) is 0 Å². The van der Waals surface area contributed by atoms with Crippen molar-refractivity contribution in [1.29, 1.82) is 0 Å². The van der Waals surface area contributed by atoms with Crippen LogP contribution in [0.15, 0.2) is 68.0 Å². The van der Waals surface area contributed by atoms with Crippen molar-refractivity contribution in [2.75, 3.05) is 13.7 Å². The molecule has 0 spiro atoms. The molecule has 0 saturated heterocycles. The van der Waals surface area contributed by atoms with Crippen LogP contribution in [-0.4, -0.2) is 29.2 Å². The Kier molecular flexibility index (Phi) is 7.40. The van der Waals surface area contributed by atoms with Crippen LogP contribution in [0.1, 0.15) is 49.6 Å². The zero-order chi connectivity index (χ0) is 27.0. The van der Waals surface area contributed by atoms with E-state index in [1.54, 1.807) is 18.6 Å². The number of fused-ring (bicyclic) bond motifs is 2. The Bertz CT molecular complexity index is 1760. The standard InChI is InChI=1S/C29H28BrN3O4S/c1-5-9-22-25(28(35)37-6-2)26(20-14-17(30)12-13-23(20)36-4)33-27(34)24(38-29(33)32-22)15-19-16(3)31-21-11-8-7-10-18(19)21/h7-8,10-15,26,31H,5-6,9H2,1-4H3/b24-15+/t26-/m0/s1. The first-order valence-electron chi connectivity index (χ1n) is 12.5. The van der Waals surface area contributed by atoms with Crippen molar-refractivity contribution >= 4 is 50.2 Å². The fourth-order valence-corrected chi connectivity index (χ4v) is 6.33. The minimum atomic E-state index is -0.745. The highest BCUT2D eigenvalue weighted by atomic mass is 79.9. The number of carbonyl (C=O) groups excluding carboxylic acids is 1. The van der Waals surface area contributed by atoms with E-state index in [4.69, 9.17) is 14.5 Å². The Labute approximate surface area is 232 Å². The minimum Gasteiger partial charge on any atom is -0.496 e. The number of hydrogen-bond acceptors (Lipinski definition) is 6. The van der Waals surface area contributed by atoms with Crippen LogP contribution in [0.3, 0.4) is 0 Å². The van der Waals surface area contributed by atoms with E-state index in [2.05, 4.69) is 20.9 Å². The number of aryl methyl sites for hydroxylation is 1. The largest absolute Gasteiger partial charge is 0.496 e. The Balaban J connectivity index is 1.83. The van der Waals surface area contributed by atoms with Gasteiger partial charge < -0.3 is 14.5 Å². The first kappa shape index (κ1) is 26.2. The molecule has 0 amide bonds. The topological polar surface area (TPSA) is 85.7 Å². The number of rotatable bonds is 7. The smallest absolute Gasteiger partial charge is 0.338 e. The molecule has 1 aliphatic rings. The van der Waals surface area contributed by atoms with Gasteiger partial charge in [0.15, 0.2) is 4.80 Å². The summed E-state index contributed by atoms with van der Waals surface area (Å²) in [4.78, 5) is 36.3. The molecular formula is C29H28BrN3O4S. The fourth-order valence-electron chi connectivity index (χ4n) is 4.95. The second kappa shape index (κ2) is 10.7. The number of nitrogens with one attached hydrogen (secondary N) is 1. The number of thiazole rings is 1. The molecule has 5 rings (SSSR count). The SMILES string of the molecule is CCCC1=C(C(=O)OCC)[C@H](c2cc(Br)ccc2OC)n2c(s/c(=C/c3c(C)[nH]c4ccccc34)c2=O)=N1. The van der Waals surface area contributed by atoms with E-state index in [9.17, 15) is 9.59 Å². The summed E-state index contributed by atoms with van der Waals surface area (Å²) in [5, 5.41) is 1.04. The van der Waals surface area contributed by atoms with Gasteiger partial charge in [-0.25, -0.2) is 9.79 Å². The molecule has 0 unspecified atom stereocenters. The molecule has 0 radical (unpaired) electrons. The maximum absolute atomic E-state index is 14.1. The van der Waals surface area contributed by atoms with Gasteiger partial charge in [-0.3, -0.25) is 9.36 Å². The van der Waals surface area contributed by atoms with Crippen molar-refractivity contribution in [3.63, 3.8) is 0 Å². The Morgan fingerprint density at radius 2 is 2.03 bits per heavy atom.